The van der Waals surface area contributed by atoms with Crippen molar-refractivity contribution in [1.29, 1.82) is 0 Å². The van der Waals surface area contributed by atoms with E-state index in [2.05, 4.69) is 5.16 Å². The largest absolute Gasteiger partial charge is 0.409 e. The maximum atomic E-state index is 13.0. The van der Waals surface area contributed by atoms with Crippen LogP contribution in [0.1, 0.15) is 17.3 Å². The van der Waals surface area contributed by atoms with E-state index in [1.807, 2.05) is 22.6 Å². The van der Waals surface area contributed by atoms with Gasteiger partial charge >= 0.3 is 0 Å². The Morgan fingerprint density at radius 2 is 2.26 bits per heavy atom. The number of nitrogens with zero attached hydrogens (tertiary/aromatic N) is 2. The number of amides is 1. The Labute approximate surface area is 124 Å². The number of hydrogen-bond acceptors (Lipinski definition) is 3. The van der Waals surface area contributed by atoms with Gasteiger partial charge in [0.05, 0.1) is 5.56 Å². The van der Waals surface area contributed by atoms with Gasteiger partial charge in [0, 0.05) is 23.1 Å². The smallest absolute Gasteiger partial charge is 0.254 e. The second kappa shape index (κ2) is 6.69. The first-order chi connectivity index (χ1) is 8.86. The van der Waals surface area contributed by atoms with E-state index in [0.29, 0.717) is 15.7 Å². The highest BCUT2D eigenvalue weighted by molar-refractivity contribution is 14.1. The Morgan fingerprint density at radius 3 is 2.79 bits per heavy atom. The molecule has 0 fully saturated rings. The third-order valence-electron chi connectivity index (χ3n) is 2.68. The number of carbonyl (C=O) groups excluding carboxylic acids is 1. The number of nitrogens with two attached hydrogens (primary N) is 1. The number of carbonyl (C=O) groups is 1. The summed E-state index contributed by atoms with van der Waals surface area (Å²) in [7, 11) is 1.61. The highest BCUT2D eigenvalue weighted by atomic mass is 127. The molecule has 19 heavy (non-hydrogen) atoms. The molecule has 104 valence electrons. The number of amidine groups is 1. The Bertz CT molecular complexity index is 508. The van der Waals surface area contributed by atoms with Gasteiger partial charge in [0.1, 0.15) is 11.7 Å². The molecule has 0 bridgehead atoms. The fraction of sp³-hybridized carbons (Fsp3) is 0.333. The zero-order valence-electron chi connectivity index (χ0n) is 10.6. The number of oxime groups is 1. The number of benzene rings is 1. The molecule has 0 heterocycles. The summed E-state index contributed by atoms with van der Waals surface area (Å²) in [5, 5.41) is 11.5. The molecule has 1 amide bonds. The first-order valence-corrected chi connectivity index (χ1v) is 6.62. The van der Waals surface area contributed by atoms with E-state index in [1.165, 1.54) is 23.1 Å². The molecule has 0 saturated carbocycles. The molecule has 0 saturated heterocycles. The predicted octanol–water partition coefficient (Wildman–Crippen LogP) is 1.88. The van der Waals surface area contributed by atoms with Crippen LogP contribution < -0.4 is 5.73 Å². The van der Waals surface area contributed by atoms with Crippen LogP contribution in [0.15, 0.2) is 23.4 Å². The lowest BCUT2D eigenvalue weighted by molar-refractivity contribution is 0.0785. The van der Waals surface area contributed by atoms with Crippen molar-refractivity contribution in [1.82, 2.24) is 4.90 Å². The maximum Gasteiger partial charge on any atom is 0.254 e. The molecule has 3 N–H and O–H groups in total. The molecule has 1 aromatic rings. The van der Waals surface area contributed by atoms with Gasteiger partial charge in [-0.1, -0.05) is 12.1 Å². The lowest BCUT2D eigenvalue weighted by Crippen LogP contribution is -2.36. The van der Waals surface area contributed by atoms with E-state index >= 15 is 0 Å². The molecule has 0 aliphatic carbocycles. The molecule has 0 radical (unpaired) electrons. The first-order valence-electron chi connectivity index (χ1n) is 5.54. The molecule has 0 spiro atoms. The van der Waals surface area contributed by atoms with Crippen LogP contribution in [0, 0.1) is 15.3 Å². The topological polar surface area (TPSA) is 78.9 Å². The SMILES string of the molecule is CC(CN(C)C(=O)c1ccc(F)cc1I)/C(N)=N/O. The van der Waals surface area contributed by atoms with E-state index in [0.717, 1.165) is 0 Å². The van der Waals surface area contributed by atoms with Gasteiger partial charge in [0.2, 0.25) is 0 Å². The van der Waals surface area contributed by atoms with Crippen LogP contribution in [0.2, 0.25) is 0 Å². The summed E-state index contributed by atoms with van der Waals surface area (Å²) < 4.78 is 13.5. The van der Waals surface area contributed by atoms with Gasteiger partial charge in [-0.3, -0.25) is 4.79 Å². The molecule has 0 aliphatic heterocycles. The highest BCUT2D eigenvalue weighted by Crippen LogP contribution is 2.16. The second-order valence-electron chi connectivity index (χ2n) is 4.24. The maximum absolute atomic E-state index is 13.0. The minimum atomic E-state index is -0.381. The lowest BCUT2D eigenvalue weighted by Gasteiger charge is -2.21. The van der Waals surface area contributed by atoms with Crippen molar-refractivity contribution >= 4 is 34.3 Å². The molecule has 0 aromatic heterocycles. The van der Waals surface area contributed by atoms with Crippen LogP contribution in [0.5, 0.6) is 0 Å². The summed E-state index contributed by atoms with van der Waals surface area (Å²) in [4.78, 5) is 13.6. The Balaban J connectivity index is 2.82. The molecule has 7 heteroatoms. The van der Waals surface area contributed by atoms with Crippen LogP contribution in [-0.2, 0) is 0 Å². The summed E-state index contributed by atoms with van der Waals surface area (Å²) in [6.07, 6.45) is 0. The zero-order valence-corrected chi connectivity index (χ0v) is 12.8. The van der Waals surface area contributed by atoms with Crippen LogP contribution in [0.4, 0.5) is 4.39 Å². The molecule has 0 aliphatic rings. The van der Waals surface area contributed by atoms with Crippen molar-refractivity contribution in [3.63, 3.8) is 0 Å². The normalized spacial score (nSPS) is 13.2. The Hall–Kier alpha value is -1.38. The van der Waals surface area contributed by atoms with Gasteiger partial charge in [0.25, 0.3) is 5.91 Å². The molecular formula is C12H15FIN3O2. The summed E-state index contributed by atoms with van der Waals surface area (Å²) >= 11 is 1.91. The molecule has 1 atom stereocenters. The van der Waals surface area contributed by atoms with E-state index in [4.69, 9.17) is 10.9 Å². The predicted molar refractivity (Wildman–Crippen MR) is 78.7 cm³/mol. The van der Waals surface area contributed by atoms with Crippen LogP contribution in [0.25, 0.3) is 0 Å². The van der Waals surface area contributed by atoms with Gasteiger partial charge < -0.3 is 15.8 Å². The number of halogens is 2. The van der Waals surface area contributed by atoms with Crippen LogP contribution in [-0.4, -0.2) is 35.4 Å². The van der Waals surface area contributed by atoms with Crippen LogP contribution >= 0.6 is 22.6 Å². The summed E-state index contributed by atoms with van der Waals surface area (Å²) in [5.41, 5.74) is 5.89. The molecule has 1 aromatic carbocycles. The van der Waals surface area contributed by atoms with Crippen molar-refractivity contribution in [2.75, 3.05) is 13.6 Å². The summed E-state index contributed by atoms with van der Waals surface area (Å²) in [6, 6.07) is 3.99. The zero-order chi connectivity index (χ0) is 14.6. The van der Waals surface area contributed by atoms with E-state index in [1.54, 1.807) is 14.0 Å². The molecular weight excluding hydrogens is 364 g/mol. The third-order valence-corrected chi connectivity index (χ3v) is 3.57. The van der Waals surface area contributed by atoms with Gasteiger partial charge in [-0.2, -0.15) is 0 Å². The second-order valence-corrected chi connectivity index (χ2v) is 5.40. The highest BCUT2D eigenvalue weighted by Gasteiger charge is 2.18. The van der Waals surface area contributed by atoms with E-state index in [9.17, 15) is 9.18 Å². The third kappa shape index (κ3) is 4.05. The summed E-state index contributed by atoms with van der Waals surface area (Å²) in [6.45, 7) is 2.05. The Kier molecular flexibility index (Phi) is 5.52. The molecule has 5 nitrogen and oxygen atoms in total. The summed E-state index contributed by atoms with van der Waals surface area (Å²) in [5.74, 6) is -0.818. The average molecular weight is 379 g/mol. The van der Waals surface area contributed by atoms with E-state index in [-0.39, 0.29) is 23.5 Å². The van der Waals surface area contributed by atoms with Crippen molar-refractivity contribution < 1.29 is 14.4 Å². The fourth-order valence-corrected chi connectivity index (χ4v) is 2.26. The minimum Gasteiger partial charge on any atom is -0.409 e. The molecule has 1 unspecified atom stereocenters. The van der Waals surface area contributed by atoms with Crippen molar-refractivity contribution in [3.05, 3.63) is 33.1 Å². The number of hydrogen-bond donors (Lipinski definition) is 2. The monoisotopic (exact) mass is 379 g/mol. The van der Waals surface area contributed by atoms with Gasteiger partial charge in [-0.25, -0.2) is 4.39 Å². The standard InChI is InChI=1S/C12H15FIN3O2/c1-7(11(15)16-19)6-17(2)12(18)9-4-3-8(13)5-10(9)14/h3-5,7,19H,6H2,1-2H3,(H2,15,16). The average Bonchev–Trinajstić information content (AvgIpc) is 2.36. The molecule has 1 rings (SSSR count). The van der Waals surface area contributed by atoms with E-state index < -0.39 is 0 Å². The van der Waals surface area contributed by atoms with Crippen molar-refractivity contribution in [3.8, 4) is 0 Å². The minimum absolute atomic E-state index is 0.0634. The van der Waals surface area contributed by atoms with Gasteiger partial charge in [0.15, 0.2) is 0 Å². The quantitative estimate of drug-likeness (QED) is 0.276. The number of rotatable bonds is 4. The van der Waals surface area contributed by atoms with Crippen molar-refractivity contribution in [2.45, 2.75) is 6.92 Å². The van der Waals surface area contributed by atoms with Gasteiger partial charge in [-0.15, -0.1) is 0 Å². The first kappa shape index (κ1) is 15.7. The van der Waals surface area contributed by atoms with Crippen molar-refractivity contribution in [2.24, 2.45) is 16.8 Å². The van der Waals surface area contributed by atoms with Gasteiger partial charge in [-0.05, 0) is 40.8 Å². The fourth-order valence-electron chi connectivity index (χ4n) is 1.55. The lowest BCUT2D eigenvalue weighted by atomic mass is 10.1. The Morgan fingerprint density at radius 1 is 1.63 bits per heavy atom. The van der Waals surface area contributed by atoms with Crippen LogP contribution in [0.3, 0.4) is 0 Å².